The predicted molar refractivity (Wildman–Crippen MR) is 135 cm³/mol. The molecule has 2 fully saturated rings. The van der Waals surface area contributed by atoms with E-state index in [1.54, 1.807) is 7.11 Å². The second-order valence-corrected chi connectivity index (χ2v) is 11.0. The molecule has 0 saturated carbocycles. The molecule has 4 rings (SSSR count). The first-order chi connectivity index (χ1) is 17.3. The standard InChI is InChI=1S/C25H31FN4O5S/c1-35-23-9-7-21(8-10-23)28-12-14-29(15-13-28)36(33,34)16-2-11-27-25(32)19-17-24(31)30(18-19)22-5-3-20(26)4-6-22/h3-10,19H,2,11-18H2,1H3,(H,27,32). The molecule has 1 atom stereocenters. The highest BCUT2D eigenvalue weighted by atomic mass is 32.2. The lowest BCUT2D eigenvalue weighted by molar-refractivity contribution is -0.126. The Kier molecular flexibility index (Phi) is 8.10. The van der Waals surface area contributed by atoms with E-state index in [1.807, 2.05) is 24.3 Å². The molecular formula is C25H31FN4O5S. The number of halogens is 1. The summed E-state index contributed by atoms with van der Waals surface area (Å²) in [7, 11) is -1.82. The number of nitrogens with one attached hydrogen (secondary N) is 1. The Balaban J connectivity index is 1.19. The third-order valence-corrected chi connectivity index (χ3v) is 8.54. The van der Waals surface area contributed by atoms with Crippen LogP contribution in [0.1, 0.15) is 12.8 Å². The third kappa shape index (κ3) is 6.14. The van der Waals surface area contributed by atoms with Crippen molar-refractivity contribution in [1.29, 1.82) is 0 Å². The summed E-state index contributed by atoms with van der Waals surface area (Å²) in [6.45, 7) is 2.44. The maximum Gasteiger partial charge on any atom is 0.227 e. The Morgan fingerprint density at radius 3 is 2.31 bits per heavy atom. The fourth-order valence-corrected chi connectivity index (χ4v) is 6.00. The van der Waals surface area contributed by atoms with Gasteiger partial charge in [-0.25, -0.2) is 12.8 Å². The van der Waals surface area contributed by atoms with Crippen molar-refractivity contribution in [3.63, 3.8) is 0 Å². The van der Waals surface area contributed by atoms with Crippen molar-refractivity contribution in [1.82, 2.24) is 9.62 Å². The number of sulfonamides is 1. The quantitative estimate of drug-likeness (QED) is 0.509. The summed E-state index contributed by atoms with van der Waals surface area (Å²) in [6.07, 6.45) is 0.356. The molecular weight excluding hydrogens is 487 g/mol. The van der Waals surface area contributed by atoms with Gasteiger partial charge in [-0.05, 0) is 55.0 Å². The lowest BCUT2D eigenvalue weighted by Crippen LogP contribution is -2.49. The zero-order valence-electron chi connectivity index (χ0n) is 20.2. The van der Waals surface area contributed by atoms with E-state index < -0.39 is 21.8 Å². The van der Waals surface area contributed by atoms with Crippen molar-refractivity contribution < 1.29 is 27.1 Å². The number of piperazine rings is 1. The predicted octanol–water partition coefficient (Wildman–Crippen LogP) is 1.85. The number of carbonyl (C=O) groups excluding carboxylic acids is 2. The zero-order chi connectivity index (χ0) is 25.7. The minimum atomic E-state index is -3.43. The topological polar surface area (TPSA) is 99.3 Å². The first kappa shape index (κ1) is 25.9. The van der Waals surface area contributed by atoms with Crippen LogP contribution >= 0.6 is 0 Å². The van der Waals surface area contributed by atoms with E-state index in [2.05, 4.69) is 10.2 Å². The van der Waals surface area contributed by atoms with E-state index in [9.17, 15) is 22.4 Å². The van der Waals surface area contributed by atoms with Gasteiger partial charge >= 0.3 is 0 Å². The van der Waals surface area contributed by atoms with Crippen LogP contribution in [0.3, 0.4) is 0 Å². The van der Waals surface area contributed by atoms with Gasteiger partial charge in [-0.3, -0.25) is 9.59 Å². The molecule has 36 heavy (non-hydrogen) atoms. The van der Waals surface area contributed by atoms with Crippen molar-refractivity contribution in [3.05, 3.63) is 54.3 Å². The Morgan fingerprint density at radius 1 is 1.03 bits per heavy atom. The SMILES string of the molecule is COc1ccc(N2CCN(S(=O)(=O)CCCNC(=O)C3CC(=O)N(c4ccc(F)cc4)C3)CC2)cc1. The molecule has 194 valence electrons. The number of hydrogen-bond donors (Lipinski definition) is 1. The molecule has 2 aliphatic heterocycles. The lowest BCUT2D eigenvalue weighted by Gasteiger charge is -2.35. The number of ether oxygens (including phenoxy) is 1. The van der Waals surface area contributed by atoms with E-state index in [4.69, 9.17) is 4.74 Å². The van der Waals surface area contributed by atoms with E-state index in [0.717, 1.165) is 11.4 Å². The van der Waals surface area contributed by atoms with Gasteiger partial charge in [-0.1, -0.05) is 0 Å². The number of benzene rings is 2. The van der Waals surface area contributed by atoms with Crippen LogP contribution in [0.15, 0.2) is 48.5 Å². The molecule has 2 aromatic rings. The molecule has 9 nitrogen and oxygen atoms in total. The summed E-state index contributed by atoms with van der Waals surface area (Å²) in [6, 6.07) is 13.3. The number of anilines is 2. The minimum Gasteiger partial charge on any atom is -0.497 e. The number of nitrogens with zero attached hydrogens (tertiary/aromatic N) is 3. The van der Waals surface area contributed by atoms with Crippen LogP contribution in [0.5, 0.6) is 5.75 Å². The Labute approximate surface area is 210 Å². The third-order valence-electron chi connectivity index (χ3n) is 6.58. The van der Waals surface area contributed by atoms with Crippen molar-refractivity contribution >= 4 is 33.2 Å². The monoisotopic (exact) mass is 518 g/mol. The summed E-state index contributed by atoms with van der Waals surface area (Å²) in [5.74, 6) is -0.673. The second-order valence-electron chi connectivity index (χ2n) is 8.93. The summed E-state index contributed by atoms with van der Waals surface area (Å²) in [4.78, 5) is 28.5. The highest BCUT2D eigenvalue weighted by Crippen LogP contribution is 2.25. The second kappa shape index (κ2) is 11.3. The van der Waals surface area contributed by atoms with Gasteiger partial charge in [0.1, 0.15) is 11.6 Å². The van der Waals surface area contributed by atoms with Crippen LogP contribution in [0.25, 0.3) is 0 Å². The van der Waals surface area contributed by atoms with Crippen LogP contribution < -0.4 is 19.9 Å². The number of methoxy groups -OCH3 is 1. The van der Waals surface area contributed by atoms with Crippen LogP contribution in [-0.2, 0) is 19.6 Å². The van der Waals surface area contributed by atoms with Gasteiger partial charge < -0.3 is 19.9 Å². The average Bonchev–Trinajstić information content (AvgIpc) is 3.28. The van der Waals surface area contributed by atoms with Gasteiger partial charge in [0.2, 0.25) is 21.8 Å². The molecule has 2 aromatic carbocycles. The first-order valence-corrected chi connectivity index (χ1v) is 13.6. The highest BCUT2D eigenvalue weighted by molar-refractivity contribution is 7.89. The van der Waals surface area contributed by atoms with Crippen molar-refractivity contribution in [2.75, 3.05) is 61.9 Å². The minimum absolute atomic E-state index is 0.0544. The average molecular weight is 519 g/mol. The molecule has 0 aromatic heterocycles. The van der Waals surface area contributed by atoms with Gasteiger partial charge in [0.05, 0.1) is 18.8 Å². The Hall–Kier alpha value is -3.18. The molecule has 0 radical (unpaired) electrons. The molecule has 2 heterocycles. The highest BCUT2D eigenvalue weighted by Gasteiger charge is 2.35. The fourth-order valence-electron chi connectivity index (χ4n) is 4.51. The van der Waals surface area contributed by atoms with Crippen LogP contribution in [-0.4, -0.2) is 76.7 Å². The maximum atomic E-state index is 13.1. The summed E-state index contributed by atoms with van der Waals surface area (Å²) in [5, 5.41) is 2.76. The van der Waals surface area contributed by atoms with E-state index in [-0.39, 0.29) is 43.5 Å². The maximum absolute atomic E-state index is 13.1. The van der Waals surface area contributed by atoms with Gasteiger partial charge in [0.25, 0.3) is 0 Å². The number of rotatable bonds is 9. The van der Waals surface area contributed by atoms with Crippen molar-refractivity contribution in [3.8, 4) is 5.75 Å². The Bertz CT molecular complexity index is 1170. The smallest absolute Gasteiger partial charge is 0.227 e. The lowest BCUT2D eigenvalue weighted by atomic mass is 10.1. The Morgan fingerprint density at radius 2 is 1.67 bits per heavy atom. The van der Waals surface area contributed by atoms with Crippen molar-refractivity contribution in [2.45, 2.75) is 12.8 Å². The number of carbonyl (C=O) groups is 2. The van der Waals surface area contributed by atoms with Gasteiger partial charge in [0, 0.05) is 57.1 Å². The number of hydrogen-bond acceptors (Lipinski definition) is 6. The molecule has 11 heteroatoms. The van der Waals surface area contributed by atoms with Crippen LogP contribution in [0.4, 0.5) is 15.8 Å². The molecule has 1 unspecified atom stereocenters. The van der Waals surface area contributed by atoms with Crippen molar-refractivity contribution in [2.24, 2.45) is 5.92 Å². The fraction of sp³-hybridized carbons (Fsp3) is 0.440. The van der Waals surface area contributed by atoms with Gasteiger partial charge in [-0.15, -0.1) is 0 Å². The van der Waals surface area contributed by atoms with Crippen LogP contribution in [0.2, 0.25) is 0 Å². The normalized spacial score (nSPS) is 18.9. The summed E-state index contributed by atoms with van der Waals surface area (Å²) < 4.78 is 45.4. The largest absolute Gasteiger partial charge is 0.497 e. The molecule has 0 aliphatic carbocycles. The zero-order valence-corrected chi connectivity index (χ0v) is 21.0. The molecule has 2 amide bonds. The first-order valence-electron chi connectivity index (χ1n) is 12.0. The van der Waals surface area contributed by atoms with E-state index in [0.29, 0.717) is 31.9 Å². The molecule has 0 spiro atoms. The summed E-state index contributed by atoms with van der Waals surface area (Å²) >= 11 is 0. The summed E-state index contributed by atoms with van der Waals surface area (Å²) in [5.41, 5.74) is 1.58. The van der Waals surface area contributed by atoms with Gasteiger partial charge in [-0.2, -0.15) is 4.31 Å². The molecule has 2 saturated heterocycles. The van der Waals surface area contributed by atoms with E-state index >= 15 is 0 Å². The molecule has 0 bridgehead atoms. The van der Waals surface area contributed by atoms with Gasteiger partial charge in [0.15, 0.2) is 0 Å². The van der Waals surface area contributed by atoms with Crippen LogP contribution in [0, 0.1) is 11.7 Å². The van der Waals surface area contributed by atoms with E-state index in [1.165, 1.54) is 33.5 Å². The molecule has 1 N–H and O–H groups in total. The molecule has 2 aliphatic rings. The number of amides is 2.